The van der Waals surface area contributed by atoms with Crippen molar-refractivity contribution in [1.82, 2.24) is 0 Å². The van der Waals surface area contributed by atoms with Crippen LogP contribution in [0.2, 0.25) is 0 Å². The molecule has 1 nitrogen and oxygen atoms in total. The van der Waals surface area contributed by atoms with Crippen molar-refractivity contribution in [2.75, 3.05) is 0 Å². The third-order valence-corrected chi connectivity index (χ3v) is 2.40. The van der Waals surface area contributed by atoms with Crippen LogP contribution >= 0.6 is 11.3 Å². The first-order valence-corrected chi connectivity index (χ1v) is 4.34. The zero-order chi connectivity index (χ0) is 8.27. The predicted octanol–water partition coefficient (Wildman–Crippen LogP) is 2.90. The Bertz CT molecular complexity index is 270. The highest BCUT2D eigenvalue weighted by atomic mass is 32.1. The van der Waals surface area contributed by atoms with Crippen LogP contribution in [0.4, 0.5) is 0 Å². The lowest BCUT2D eigenvalue weighted by Crippen LogP contribution is -1.96. The molecule has 0 aromatic carbocycles. The zero-order valence-electron chi connectivity index (χ0n) is 6.63. The van der Waals surface area contributed by atoms with E-state index in [1.807, 2.05) is 37.4 Å². The van der Waals surface area contributed by atoms with E-state index in [0.717, 1.165) is 10.5 Å². The minimum Gasteiger partial charge on any atom is -0.288 e. The summed E-state index contributed by atoms with van der Waals surface area (Å²) in [6.45, 7) is 3.71. The van der Waals surface area contributed by atoms with Crippen molar-refractivity contribution in [3.05, 3.63) is 34.0 Å². The summed E-state index contributed by atoms with van der Waals surface area (Å²) in [7, 11) is 0. The highest BCUT2D eigenvalue weighted by Gasteiger charge is 2.06. The van der Waals surface area contributed by atoms with E-state index in [1.165, 1.54) is 11.3 Å². The Morgan fingerprint density at radius 2 is 2.36 bits per heavy atom. The largest absolute Gasteiger partial charge is 0.288 e. The zero-order valence-corrected chi connectivity index (χ0v) is 7.44. The molecule has 0 N–H and O–H groups in total. The highest BCUT2D eigenvalue weighted by Crippen LogP contribution is 2.13. The van der Waals surface area contributed by atoms with E-state index in [2.05, 4.69) is 0 Å². The van der Waals surface area contributed by atoms with Crippen LogP contribution in [0.3, 0.4) is 0 Å². The first-order valence-electron chi connectivity index (χ1n) is 3.47. The van der Waals surface area contributed by atoms with Gasteiger partial charge in [-0.15, -0.1) is 11.3 Å². The lowest BCUT2D eigenvalue weighted by atomic mass is 10.1. The van der Waals surface area contributed by atoms with Crippen molar-refractivity contribution in [1.29, 1.82) is 0 Å². The third kappa shape index (κ3) is 1.77. The lowest BCUT2D eigenvalue weighted by Gasteiger charge is -1.93. The van der Waals surface area contributed by atoms with Crippen LogP contribution < -0.4 is 0 Å². The maximum Gasteiger partial charge on any atom is 0.198 e. The van der Waals surface area contributed by atoms with E-state index >= 15 is 0 Å². The summed E-state index contributed by atoms with van der Waals surface area (Å²) in [5, 5.41) is 1.91. The second-order valence-corrected chi connectivity index (χ2v) is 3.23. The van der Waals surface area contributed by atoms with Gasteiger partial charge >= 0.3 is 0 Å². The average molecular weight is 166 g/mol. The lowest BCUT2D eigenvalue weighted by molar-refractivity contribution is 0.103. The van der Waals surface area contributed by atoms with E-state index in [1.54, 1.807) is 0 Å². The standard InChI is InChI=1S/C9H10OS/c1-3-7(2)9(10)8-5-4-6-11-8/h3-6H,1-2H3/b7-3-. The summed E-state index contributed by atoms with van der Waals surface area (Å²) in [5.41, 5.74) is 0.812. The van der Waals surface area contributed by atoms with Crippen LogP contribution in [0.1, 0.15) is 23.5 Å². The molecule has 2 heteroatoms. The van der Waals surface area contributed by atoms with Crippen LogP contribution in [0.5, 0.6) is 0 Å². The molecule has 11 heavy (non-hydrogen) atoms. The summed E-state index contributed by atoms with van der Waals surface area (Å²) < 4.78 is 0. The van der Waals surface area contributed by atoms with Gasteiger partial charge in [0.15, 0.2) is 5.78 Å². The Hall–Kier alpha value is -0.890. The van der Waals surface area contributed by atoms with E-state index in [0.29, 0.717) is 0 Å². The third-order valence-electron chi connectivity index (χ3n) is 1.54. The fourth-order valence-electron chi connectivity index (χ4n) is 0.733. The molecule has 1 heterocycles. The number of hydrogen-bond donors (Lipinski definition) is 0. The van der Waals surface area contributed by atoms with Crippen molar-refractivity contribution in [2.24, 2.45) is 0 Å². The van der Waals surface area contributed by atoms with Crippen LogP contribution in [-0.2, 0) is 0 Å². The topological polar surface area (TPSA) is 17.1 Å². The smallest absolute Gasteiger partial charge is 0.198 e. The SMILES string of the molecule is C/C=C(/C)C(=O)c1cccs1. The van der Waals surface area contributed by atoms with Crippen molar-refractivity contribution in [3.63, 3.8) is 0 Å². The molecule has 0 radical (unpaired) electrons. The number of carbonyl (C=O) groups excluding carboxylic acids is 1. The van der Waals surface area contributed by atoms with Gasteiger partial charge in [-0.3, -0.25) is 4.79 Å². The van der Waals surface area contributed by atoms with Gasteiger partial charge in [-0.25, -0.2) is 0 Å². The molecule has 0 aliphatic rings. The maximum atomic E-state index is 11.4. The van der Waals surface area contributed by atoms with Crippen molar-refractivity contribution in [2.45, 2.75) is 13.8 Å². The second kappa shape index (κ2) is 3.49. The number of ketones is 1. The van der Waals surface area contributed by atoms with E-state index in [4.69, 9.17) is 0 Å². The summed E-state index contributed by atoms with van der Waals surface area (Å²) in [6, 6.07) is 3.74. The fourth-order valence-corrected chi connectivity index (χ4v) is 1.46. The molecule has 0 aliphatic heterocycles. The Morgan fingerprint density at radius 1 is 1.64 bits per heavy atom. The van der Waals surface area contributed by atoms with Crippen molar-refractivity contribution >= 4 is 17.1 Å². The second-order valence-electron chi connectivity index (χ2n) is 2.28. The summed E-state index contributed by atoms with van der Waals surface area (Å²) in [5.74, 6) is 0.141. The summed E-state index contributed by atoms with van der Waals surface area (Å²) in [6.07, 6.45) is 1.84. The minimum atomic E-state index is 0.141. The molecule has 0 bridgehead atoms. The first-order chi connectivity index (χ1) is 5.25. The molecule has 0 aliphatic carbocycles. The first kappa shape index (κ1) is 8.21. The molecule has 0 fully saturated rings. The van der Waals surface area contributed by atoms with Gasteiger partial charge in [0.25, 0.3) is 0 Å². The Balaban J connectivity index is 2.87. The van der Waals surface area contributed by atoms with Gasteiger partial charge < -0.3 is 0 Å². The van der Waals surface area contributed by atoms with Gasteiger partial charge in [-0.1, -0.05) is 12.1 Å². The molecular formula is C9H10OS. The average Bonchev–Trinajstić information content (AvgIpc) is 2.53. The van der Waals surface area contributed by atoms with Gasteiger partial charge in [-0.05, 0) is 30.9 Å². The van der Waals surface area contributed by atoms with Crippen molar-refractivity contribution < 1.29 is 4.79 Å². The molecule has 0 spiro atoms. The highest BCUT2D eigenvalue weighted by molar-refractivity contribution is 7.12. The van der Waals surface area contributed by atoms with E-state index < -0.39 is 0 Å². The van der Waals surface area contributed by atoms with Gasteiger partial charge in [0, 0.05) is 0 Å². The van der Waals surface area contributed by atoms with Gasteiger partial charge in [0.05, 0.1) is 4.88 Å². The molecule has 0 saturated carbocycles. The maximum absolute atomic E-state index is 11.4. The molecule has 0 atom stereocenters. The van der Waals surface area contributed by atoms with E-state index in [9.17, 15) is 4.79 Å². The number of allylic oxidation sites excluding steroid dienone is 2. The van der Waals surface area contributed by atoms with Crippen molar-refractivity contribution in [3.8, 4) is 0 Å². The Morgan fingerprint density at radius 3 is 2.82 bits per heavy atom. The quantitative estimate of drug-likeness (QED) is 0.487. The van der Waals surface area contributed by atoms with Crippen LogP contribution in [0.15, 0.2) is 29.2 Å². The predicted molar refractivity (Wildman–Crippen MR) is 48.1 cm³/mol. The van der Waals surface area contributed by atoms with Gasteiger partial charge in [0.1, 0.15) is 0 Å². The molecule has 1 aromatic rings. The summed E-state index contributed by atoms with van der Waals surface area (Å²) >= 11 is 1.48. The molecule has 1 rings (SSSR count). The molecule has 0 amide bonds. The number of carbonyl (C=O) groups is 1. The Labute approximate surface area is 70.4 Å². The molecule has 58 valence electrons. The normalized spacial score (nSPS) is 11.6. The molecule has 0 unspecified atom stereocenters. The van der Waals surface area contributed by atoms with Gasteiger partial charge in [-0.2, -0.15) is 0 Å². The van der Waals surface area contributed by atoms with Crippen LogP contribution in [-0.4, -0.2) is 5.78 Å². The molecule has 0 saturated heterocycles. The Kier molecular flexibility index (Phi) is 2.60. The number of thiophene rings is 1. The molecule has 1 aromatic heterocycles. The summed E-state index contributed by atoms with van der Waals surface area (Å²) in [4.78, 5) is 12.2. The van der Waals surface area contributed by atoms with Crippen LogP contribution in [0.25, 0.3) is 0 Å². The van der Waals surface area contributed by atoms with E-state index in [-0.39, 0.29) is 5.78 Å². The number of rotatable bonds is 2. The monoisotopic (exact) mass is 166 g/mol. The number of hydrogen-bond acceptors (Lipinski definition) is 2. The van der Waals surface area contributed by atoms with Gasteiger partial charge in [0.2, 0.25) is 0 Å². The molecular weight excluding hydrogens is 156 g/mol. The fraction of sp³-hybridized carbons (Fsp3) is 0.222. The van der Waals surface area contributed by atoms with Crippen LogP contribution in [0, 0.1) is 0 Å². The minimum absolute atomic E-state index is 0.141. The number of Topliss-reactive ketones (excluding diaryl/α,β-unsaturated/α-hetero) is 1.